The van der Waals surface area contributed by atoms with Gasteiger partial charge >= 0.3 is 0 Å². The van der Waals surface area contributed by atoms with E-state index in [1.54, 1.807) is 18.2 Å². The smallest absolute Gasteiger partial charge is 0.186 e. The average molecular weight is 174 g/mol. The van der Waals surface area contributed by atoms with Crippen molar-refractivity contribution in [2.24, 2.45) is 10.2 Å². The fraction of sp³-hybridized carbons (Fsp3) is 0.300. The quantitative estimate of drug-likeness (QED) is 0.595. The van der Waals surface area contributed by atoms with Crippen LogP contribution in [0.4, 0.5) is 5.69 Å². The van der Waals surface area contributed by atoms with Crippen LogP contribution in [-0.4, -0.2) is 0 Å². The van der Waals surface area contributed by atoms with Crippen molar-refractivity contribution in [3.8, 4) is 0 Å². The summed E-state index contributed by atoms with van der Waals surface area (Å²) in [5.41, 5.74) is 0.929. The predicted molar refractivity (Wildman–Crippen MR) is 50.3 cm³/mol. The Bertz CT molecular complexity index is 435. The number of hydrogen-bond donors (Lipinski definition) is 0. The number of rotatable bonds is 0. The zero-order valence-electron chi connectivity index (χ0n) is 7.61. The Hall–Kier alpha value is -1.51. The van der Waals surface area contributed by atoms with Crippen LogP contribution in [0.1, 0.15) is 19.4 Å². The van der Waals surface area contributed by atoms with Crippen LogP contribution in [-0.2, 0) is 5.54 Å². The van der Waals surface area contributed by atoms with Crippen molar-refractivity contribution in [1.82, 2.24) is 0 Å². The third kappa shape index (κ3) is 1.16. The standard InChI is InChI=1S/C10H10N2O/c1-10(2)9-7(11-12-10)5-3-4-6-8(9)13/h3-6H,1-2H3. The Labute approximate surface area is 76.1 Å². The van der Waals surface area contributed by atoms with Crippen LogP contribution in [0.25, 0.3) is 0 Å². The van der Waals surface area contributed by atoms with Crippen molar-refractivity contribution in [3.05, 3.63) is 40.1 Å². The van der Waals surface area contributed by atoms with E-state index in [-0.39, 0.29) is 5.43 Å². The summed E-state index contributed by atoms with van der Waals surface area (Å²) in [7, 11) is 0. The number of hydrogen-bond acceptors (Lipinski definition) is 3. The molecule has 0 atom stereocenters. The van der Waals surface area contributed by atoms with Gasteiger partial charge in [-0.1, -0.05) is 12.1 Å². The van der Waals surface area contributed by atoms with Crippen LogP contribution < -0.4 is 5.43 Å². The molecule has 3 heteroatoms. The second-order valence-electron chi connectivity index (χ2n) is 3.60. The van der Waals surface area contributed by atoms with Crippen LogP contribution >= 0.6 is 0 Å². The highest BCUT2D eigenvalue weighted by molar-refractivity contribution is 5.50. The van der Waals surface area contributed by atoms with E-state index in [1.807, 2.05) is 19.9 Å². The molecule has 0 saturated heterocycles. The molecular weight excluding hydrogens is 164 g/mol. The molecule has 0 aromatic heterocycles. The topological polar surface area (TPSA) is 41.8 Å². The molecule has 0 amide bonds. The van der Waals surface area contributed by atoms with Gasteiger partial charge in [0.2, 0.25) is 0 Å². The van der Waals surface area contributed by atoms with Crippen molar-refractivity contribution < 1.29 is 0 Å². The van der Waals surface area contributed by atoms with E-state index in [4.69, 9.17) is 0 Å². The van der Waals surface area contributed by atoms with Crippen LogP contribution in [0, 0.1) is 0 Å². The monoisotopic (exact) mass is 174 g/mol. The Morgan fingerprint density at radius 1 is 1.23 bits per heavy atom. The molecule has 66 valence electrons. The van der Waals surface area contributed by atoms with Crippen LogP contribution in [0.15, 0.2) is 39.3 Å². The fourth-order valence-corrected chi connectivity index (χ4v) is 1.51. The van der Waals surface area contributed by atoms with E-state index in [0.717, 1.165) is 0 Å². The van der Waals surface area contributed by atoms with Gasteiger partial charge in [-0.15, -0.1) is 0 Å². The van der Waals surface area contributed by atoms with E-state index in [0.29, 0.717) is 11.3 Å². The first kappa shape index (κ1) is 8.10. The van der Waals surface area contributed by atoms with E-state index < -0.39 is 5.54 Å². The minimum atomic E-state index is -0.467. The fourth-order valence-electron chi connectivity index (χ4n) is 1.51. The van der Waals surface area contributed by atoms with Crippen molar-refractivity contribution in [1.29, 1.82) is 0 Å². The summed E-state index contributed by atoms with van der Waals surface area (Å²) >= 11 is 0. The van der Waals surface area contributed by atoms with Gasteiger partial charge in [0.15, 0.2) is 5.43 Å². The molecule has 1 heterocycles. The number of fused-ring (bicyclic) bond motifs is 1. The zero-order valence-corrected chi connectivity index (χ0v) is 7.61. The first-order valence-corrected chi connectivity index (χ1v) is 4.18. The molecule has 0 saturated carbocycles. The third-order valence-corrected chi connectivity index (χ3v) is 2.13. The highest BCUT2D eigenvalue weighted by Crippen LogP contribution is 2.36. The van der Waals surface area contributed by atoms with Gasteiger partial charge in [-0.2, -0.15) is 10.2 Å². The molecular formula is C10H10N2O. The van der Waals surface area contributed by atoms with E-state index in [2.05, 4.69) is 10.2 Å². The molecule has 0 radical (unpaired) electrons. The molecule has 0 spiro atoms. The average Bonchev–Trinajstić information content (AvgIpc) is 2.26. The minimum Gasteiger partial charge on any atom is -0.289 e. The van der Waals surface area contributed by atoms with Gasteiger partial charge in [0.1, 0.15) is 5.54 Å². The predicted octanol–water partition coefficient (Wildman–Crippen LogP) is 2.38. The summed E-state index contributed by atoms with van der Waals surface area (Å²) in [4.78, 5) is 11.6. The lowest BCUT2D eigenvalue weighted by atomic mass is 9.96. The molecule has 0 N–H and O–H groups in total. The SMILES string of the molecule is CC1(C)N=Nc2ccccc(=O)c21. The highest BCUT2D eigenvalue weighted by Gasteiger charge is 2.30. The summed E-state index contributed by atoms with van der Waals surface area (Å²) in [5.74, 6) is 0. The summed E-state index contributed by atoms with van der Waals surface area (Å²) in [6.07, 6.45) is 0. The molecule has 0 bridgehead atoms. The van der Waals surface area contributed by atoms with Gasteiger partial charge in [-0.3, -0.25) is 4.79 Å². The molecule has 2 rings (SSSR count). The van der Waals surface area contributed by atoms with E-state index in [1.165, 1.54) is 0 Å². The Morgan fingerprint density at radius 3 is 2.69 bits per heavy atom. The molecule has 1 aromatic rings. The molecule has 1 aromatic carbocycles. The molecule has 0 unspecified atom stereocenters. The van der Waals surface area contributed by atoms with Gasteiger partial charge in [0, 0.05) is 0 Å². The molecule has 0 aliphatic carbocycles. The van der Waals surface area contributed by atoms with Gasteiger partial charge < -0.3 is 0 Å². The van der Waals surface area contributed by atoms with Gasteiger partial charge in [0.05, 0.1) is 11.3 Å². The minimum absolute atomic E-state index is 0.00926. The number of azo groups is 1. The molecule has 13 heavy (non-hydrogen) atoms. The lowest BCUT2D eigenvalue weighted by Crippen LogP contribution is -2.18. The first-order chi connectivity index (χ1) is 6.11. The van der Waals surface area contributed by atoms with E-state index in [9.17, 15) is 4.79 Å². The zero-order chi connectivity index (χ0) is 9.47. The van der Waals surface area contributed by atoms with Crippen LogP contribution in [0.5, 0.6) is 0 Å². The van der Waals surface area contributed by atoms with Crippen molar-refractivity contribution >= 4 is 5.69 Å². The second-order valence-corrected chi connectivity index (χ2v) is 3.60. The number of nitrogens with zero attached hydrogens (tertiary/aromatic N) is 2. The van der Waals surface area contributed by atoms with Crippen molar-refractivity contribution in [2.75, 3.05) is 0 Å². The molecule has 3 nitrogen and oxygen atoms in total. The van der Waals surface area contributed by atoms with Gasteiger partial charge in [-0.05, 0) is 26.0 Å². The maximum absolute atomic E-state index is 11.6. The lowest BCUT2D eigenvalue weighted by Gasteiger charge is -2.10. The molecule has 0 fully saturated rings. The normalized spacial score (nSPS) is 17.1. The summed E-state index contributed by atoms with van der Waals surface area (Å²) in [6, 6.07) is 6.90. The molecule has 1 aliphatic heterocycles. The maximum Gasteiger partial charge on any atom is 0.186 e. The van der Waals surface area contributed by atoms with Gasteiger partial charge in [-0.25, -0.2) is 0 Å². The first-order valence-electron chi connectivity index (χ1n) is 4.18. The maximum atomic E-state index is 11.6. The summed E-state index contributed by atoms with van der Waals surface area (Å²) in [6.45, 7) is 3.79. The third-order valence-electron chi connectivity index (χ3n) is 2.13. The summed E-state index contributed by atoms with van der Waals surface area (Å²) < 4.78 is 0. The van der Waals surface area contributed by atoms with Crippen molar-refractivity contribution in [2.45, 2.75) is 19.4 Å². The Morgan fingerprint density at radius 2 is 1.92 bits per heavy atom. The Kier molecular flexibility index (Phi) is 1.55. The van der Waals surface area contributed by atoms with Crippen molar-refractivity contribution in [3.63, 3.8) is 0 Å². The van der Waals surface area contributed by atoms with E-state index >= 15 is 0 Å². The van der Waals surface area contributed by atoms with Crippen LogP contribution in [0.3, 0.4) is 0 Å². The molecule has 1 aliphatic rings. The van der Waals surface area contributed by atoms with Crippen LogP contribution in [0.2, 0.25) is 0 Å². The lowest BCUT2D eigenvalue weighted by molar-refractivity contribution is 0.552. The Balaban J connectivity index is 2.84. The largest absolute Gasteiger partial charge is 0.289 e. The van der Waals surface area contributed by atoms with Gasteiger partial charge in [0.25, 0.3) is 0 Å². The summed E-state index contributed by atoms with van der Waals surface area (Å²) in [5, 5.41) is 8.03. The second kappa shape index (κ2) is 2.49. The highest BCUT2D eigenvalue weighted by atomic mass is 16.1.